The number of carbonyl (C=O) groups excluding carboxylic acids is 1. The third-order valence-electron chi connectivity index (χ3n) is 2.62. The fourth-order valence-electron chi connectivity index (χ4n) is 1.59. The first-order chi connectivity index (χ1) is 6.60. The molecule has 3 fully saturated rings. The van der Waals surface area contributed by atoms with Gasteiger partial charge in [0.15, 0.2) is 0 Å². The van der Waals surface area contributed by atoms with Gasteiger partial charge in [-0.25, -0.2) is 4.79 Å². The summed E-state index contributed by atoms with van der Waals surface area (Å²) in [6.45, 7) is 5.46. The van der Waals surface area contributed by atoms with Crippen molar-refractivity contribution in [3.63, 3.8) is 0 Å². The molecule has 3 rings (SSSR count). The monoisotopic (exact) mass is 199 g/mol. The third kappa shape index (κ3) is 1.38. The second kappa shape index (κ2) is 3.14. The molecule has 5 nitrogen and oxygen atoms in total. The zero-order chi connectivity index (χ0) is 10.2. The molecule has 5 heteroatoms. The Morgan fingerprint density at radius 1 is 1.29 bits per heavy atom. The van der Waals surface area contributed by atoms with E-state index in [1.807, 2.05) is 6.92 Å². The molecule has 78 valence electrons. The maximum absolute atomic E-state index is 10.1. The highest BCUT2D eigenvalue weighted by molar-refractivity contribution is 5.33. The van der Waals surface area contributed by atoms with Gasteiger partial charge < -0.3 is 14.2 Å². The van der Waals surface area contributed by atoms with Gasteiger partial charge in [0.05, 0.1) is 19.8 Å². The van der Waals surface area contributed by atoms with Crippen LogP contribution in [0.5, 0.6) is 0 Å². The van der Waals surface area contributed by atoms with Crippen LogP contribution in [-0.4, -0.2) is 37.9 Å². The summed E-state index contributed by atoms with van der Waals surface area (Å²) < 4.78 is 16.4. The quantitative estimate of drug-likeness (QED) is 0.478. The lowest BCUT2D eigenvalue weighted by Crippen LogP contribution is -2.62. The molecular formula is C9H13NO4. The molecule has 0 N–H and O–H groups in total. The predicted molar refractivity (Wildman–Crippen MR) is 46.3 cm³/mol. The Labute approximate surface area is 82.0 Å². The summed E-state index contributed by atoms with van der Waals surface area (Å²) in [5.41, 5.74) is -0.0631. The number of rotatable bonds is 2. The molecule has 3 heterocycles. The van der Waals surface area contributed by atoms with E-state index in [1.165, 1.54) is 6.08 Å². The van der Waals surface area contributed by atoms with E-state index < -0.39 is 12.0 Å². The van der Waals surface area contributed by atoms with E-state index in [0.717, 1.165) is 0 Å². The highest BCUT2D eigenvalue weighted by Crippen LogP contribution is 2.40. The van der Waals surface area contributed by atoms with E-state index in [1.54, 1.807) is 6.92 Å². The molecule has 14 heavy (non-hydrogen) atoms. The fourth-order valence-corrected chi connectivity index (χ4v) is 1.59. The molecule has 1 atom stereocenters. The number of hydrogen-bond acceptors (Lipinski definition) is 5. The third-order valence-corrected chi connectivity index (χ3v) is 2.62. The van der Waals surface area contributed by atoms with Crippen LogP contribution in [0.1, 0.15) is 13.8 Å². The number of aliphatic imine (C=N–C) groups is 1. The van der Waals surface area contributed by atoms with Crippen molar-refractivity contribution in [2.75, 3.05) is 19.8 Å². The van der Waals surface area contributed by atoms with Crippen molar-refractivity contribution < 1.29 is 19.0 Å². The largest absolute Gasteiger partial charge is 0.325 e. The normalized spacial score (nSPS) is 43.0. The van der Waals surface area contributed by atoms with Crippen molar-refractivity contribution >= 4 is 6.08 Å². The minimum Gasteiger partial charge on any atom is -0.325 e. The van der Waals surface area contributed by atoms with Gasteiger partial charge in [-0.2, -0.15) is 4.99 Å². The lowest BCUT2D eigenvalue weighted by Gasteiger charge is -2.51. The summed E-state index contributed by atoms with van der Waals surface area (Å²) in [5.74, 6) is -1.16. The minimum absolute atomic E-state index is 0.0631. The first kappa shape index (κ1) is 9.80. The van der Waals surface area contributed by atoms with Crippen LogP contribution in [0.25, 0.3) is 0 Å². The second-order valence-corrected chi connectivity index (χ2v) is 4.18. The molecule has 0 radical (unpaired) electrons. The van der Waals surface area contributed by atoms with Crippen molar-refractivity contribution in [3.8, 4) is 0 Å². The van der Waals surface area contributed by atoms with E-state index in [2.05, 4.69) is 4.99 Å². The molecule has 3 saturated heterocycles. The molecule has 0 aromatic heterocycles. The average molecular weight is 199 g/mol. The molecule has 0 amide bonds. The summed E-state index contributed by atoms with van der Waals surface area (Å²) in [4.78, 5) is 13.7. The van der Waals surface area contributed by atoms with Crippen LogP contribution in [0, 0.1) is 5.41 Å². The fraction of sp³-hybridized carbons (Fsp3) is 0.889. The molecule has 0 aromatic rings. The topological polar surface area (TPSA) is 57.1 Å². The SMILES string of the molecule is C[C@H](N=C=O)C12OCC(C)(CO1)CO2. The maximum atomic E-state index is 10.1. The van der Waals surface area contributed by atoms with Crippen LogP contribution in [0.3, 0.4) is 0 Å². The molecule has 0 aromatic carbocycles. The zero-order valence-corrected chi connectivity index (χ0v) is 8.28. The average Bonchev–Trinajstić information content (AvgIpc) is 2.20. The first-order valence-corrected chi connectivity index (χ1v) is 4.59. The molecule has 3 aliphatic rings. The van der Waals surface area contributed by atoms with Gasteiger partial charge in [-0.15, -0.1) is 0 Å². The van der Waals surface area contributed by atoms with Gasteiger partial charge in [0.1, 0.15) is 6.04 Å². The summed E-state index contributed by atoms with van der Waals surface area (Å²) in [5, 5.41) is 0. The van der Waals surface area contributed by atoms with Crippen molar-refractivity contribution in [1.82, 2.24) is 0 Å². The van der Waals surface area contributed by atoms with Gasteiger partial charge in [-0.1, -0.05) is 6.92 Å². The van der Waals surface area contributed by atoms with Gasteiger partial charge >= 0.3 is 5.97 Å². The van der Waals surface area contributed by atoms with Gasteiger partial charge in [0, 0.05) is 5.41 Å². The van der Waals surface area contributed by atoms with Crippen molar-refractivity contribution in [3.05, 3.63) is 0 Å². The van der Waals surface area contributed by atoms with Gasteiger partial charge in [0.25, 0.3) is 0 Å². The number of isocyanates is 1. The van der Waals surface area contributed by atoms with Crippen molar-refractivity contribution in [2.24, 2.45) is 10.4 Å². The molecule has 0 unspecified atom stereocenters. The van der Waals surface area contributed by atoms with E-state index in [-0.39, 0.29) is 5.41 Å². The second-order valence-electron chi connectivity index (χ2n) is 4.18. The minimum atomic E-state index is -1.16. The summed E-state index contributed by atoms with van der Waals surface area (Å²) >= 11 is 0. The summed E-state index contributed by atoms with van der Waals surface area (Å²) in [6.07, 6.45) is 1.49. The molecule has 0 aliphatic carbocycles. The number of fused-ring (bicyclic) bond motifs is 3. The Kier molecular flexibility index (Phi) is 2.20. The molecular weight excluding hydrogens is 186 g/mol. The Bertz CT molecular complexity index is 260. The molecule has 2 bridgehead atoms. The van der Waals surface area contributed by atoms with Crippen LogP contribution < -0.4 is 0 Å². The van der Waals surface area contributed by atoms with E-state index >= 15 is 0 Å². The zero-order valence-electron chi connectivity index (χ0n) is 8.28. The lowest BCUT2D eigenvalue weighted by molar-refractivity contribution is -0.470. The van der Waals surface area contributed by atoms with Crippen molar-refractivity contribution in [1.29, 1.82) is 0 Å². The van der Waals surface area contributed by atoms with Gasteiger partial charge in [-0.3, -0.25) is 0 Å². The number of nitrogens with zero attached hydrogens (tertiary/aromatic N) is 1. The summed E-state index contributed by atoms with van der Waals surface area (Å²) in [6, 6.07) is -0.482. The smallest absolute Gasteiger partial charge is 0.307 e. The van der Waals surface area contributed by atoms with Crippen LogP contribution in [0.4, 0.5) is 0 Å². The van der Waals surface area contributed by atoms with Crippen LogP contribution >= 0.6 is 0 Å². The Morgan fingerprint density at radius 3 is 2.21 bits per heavy atom. The van der Waals surface area contributed by atoms with E-state index in [9.17, 15) is 4.79 Å². The Hall–Kier alpha value is -0.740. The van der Waals surface area contributed by atoms with E-state index in [4.69, 9.17) is 14.2 Å². The standard InChI is InChI=1S/C9H13NO4/c1-7(10-6-11)9-12-3-8(2,4-13-9)5-14-9/h7H,3-5H2,1-2H3/t7-,8?,9?/m0/s1. The van der Waals surface area contributed by atoms with Crippen LogP contribution in [0.2, 0.25) is 0 Å². The van der Waals surface area contributed by atoms with Crippen LogP contribution in [-0.2, 0) is 19.0 Å². The summed E-state index contributed by atoms with van der Waals surface area (Å²) in [7, 11) is 0. The highest BCUT2D eigenvalue weighted by Gasteiger charge is 2.53. The highest BCUT2D eigenvalue weighted by atomic mass is 16.9. The first-order valence-electron chi connectivity index (χ1n) is 4.59. The maximum Gasteiger partial charge on any atom is 0.307 e. The Balaban J connectivity index is 2.15. The van der Waals surface area contributed by atoms with E-state index in [0.29, 0.717) is 19.8 Å². The van der Waals surface area contributed by atoms with Gasteiger partial charge in [0.2, 0.25) is 6.08 Å². The Morgan fingerprint density at radius 2 is 1.79 bits per heavy atom. The van der Waals surface area contributed by atoms with Crippen LogP contribution in [0.15, 0.2) is 4.99 Å². The number of hydrogen-bond donors (Lipinski definition) is 0. The molecule has 0 spiro atoms. The predicted octanol–water partition coefficient (Wildman–Crippen LogP) is 0.448. The van der Waals surface area contributed by atoms with Gasteiger partial charge in [-0.05, 0) is 6.92 Å². The molecule has 0 saturated carbocycles. The molecule has 3 aliphatic heterocycles. The number of ether oxygens (including phenoxy) is 3. The lowest BCUT2D eigenvalue weighted by atomic mass is 9.91. The van der Waals surface area contributed by atoms with Crippen molar-refractivity contribution in [2.45, 2.75) is 25.9 Å².